The molecule has 1 aliphatic heterocycles. The summed E-state index contributed by atoms with van der Waals surface area (Å²) in [5.41, 5.74) is 9.52. The van der Waals surface area contributed by atoms with E-state index >= 15 is 0 Å². The van der Waals surface area contributed by atoms with Crippen molar-refractivity contribution in [1.29, 1.82) is 0 Å². The molecule has 1 aromatic rings. The number of anilines is 1. The third-order valence-corrected chi connectivity index (χ3v) is 3.32. The van der Waals surface area contributed by atoms with Crippen molar-refractivity contribution in [3.05, 3.63) is 29.3 Å². The van der Waals surface area contributed by atoms with Gasteiger partial charge in [-0.15, -0.1) is 0 Å². The van der Waals surface area contributed by atoms with Crippen molar-refractivity contribution >= 4 is 5.69 Å². The Morgan fingerprint density at radius 3 is 2.44 bits per heavy atom. The van der Waals surface area contributed by atoms with Crippen molar-refractivity contribution in [3.63, 3.8) is 0 Å². The first-order chi connectivity index (χ1) is 8.39. The Hall–Kier alpha value is -1.06. The number of benzene rings is 1. The molecule has 2 rings (SSSR count). The predicted octanol–water partition coefficient (Wildman–Crippen LogP) is 2.25. The van der Waals surface area contributed by atoms with E-state index in [1.54, 1.807) is 0 Å². The summed E-state index contributed by atoms with van der Waals surface area (Å²) in [4.78, 5) is 2.39. The Morgan fingerprint density at radius 2 is 1.89 bits per heavy atom. The SMILES string of the molecule is Cc1cc(C)cc(N2CC(CN)OC(C)(C)C2)c1. The predicted molar refractivity (Wildman–Crippen MR) is 76.1 cm³/mol. The first kappa shape index (κ1) is 13.4. The number of nitrogens with two attached hydrogens (primary N) is 1. The fourth-order valence-corrected chi connectivity index (χ4v) is 2.75. The maximum atomic E-state index is 5.97. The van der Waals surface area contributed by atoms with Gasteiger partial charge in [0.05, 0.1) is 11.7 Å². The Bertz CT molecular complexity index is 408. The molecular formula is C15H24N2O. The molecule has 1 fully saturated rings. The molecule has 100 valence electrons. The van der Waals surface area contributed by atoms with Crippen molar-refractivity contribution in [2.75, 3.05) is 24.5 Å². The van der Waals surface area contributed by atoms with Gasteiger partial charge in [-0.2, -0.15) is 0 Å². The molecule has 0 bridgehead atoms. The van der Waals surface area contributed by atoms with Gasteiger partial charge in [-0.05, 0) is 51.0 Å². The van der Waals surface area contributed by atoms with Crippen LogP contribution in [0.4, 0.5) is 5.69 Å². The zero-order valence-electron chi connectivity index (χ0n) is 11.9. The summed E-state index contributed by atoms with van der Waals surface area (Å²) in [7, 11) is 0. The summed E-state index contributed by atoms with van der Waals surface area (Å²) in [6.45, 7) is 10.9. The maximum absolute atomic E-state index is 5.97. The minimum absolute atomic E-state index is 0.120. The third-order valence-electron chi connectivity index (χ3n) is 3.32. The second-order valence-corrected chi connectivity index (χ2v) is 5.96. The van der Waals surface area contributed by atoms with Gasteiger partial charge in [-0.1, -0.05) is 6.07 Å². The summed E-state index contributed by atoms with van der Waals surface area (Å²) >= 11 is 0. The van der Waals surface area contributed by atoms with Crippen molar-refractivity contribution in [2.45, 2.75) is 39.4 Å². The average molecular weight is 248 g/mol. The molecule has 1 aromatic carbocycles. The van der Waals surface area contributed by atoms with Crippen LogP contribution >= 0.6 is 0 Å². The molecule has 0 aliphatic carbocycles. The van der Waals surface area contributed by atoms with E-state index in [1.165, 1.54) is 16.8 Å². The van der Waals surface area contributed by atoms with E-state index in [4.69, 9.17) is 10.5 Å². The minimum Gasteiger partial charge on any atom is -0.367 e. The van der Waals surface area contributed by atoms with Gasteiger partial charge < -0.3 is 15.4 Å². The highest BCUT2D eigenvalue weighted by atomic mass is 16.5. The Balaban J connectivity index is 2.26. The second kappa shape index (κ2) is 4.90. The Morgan fingerprint density at radius 1 is 1.28 bits per heavy atom. The quantitative estimate of drug-likeness (QED) is 0.872. The smallest absolute Gasteiger partial charge is 0.0879 e. The minimum atomic E-state index is -0.139. The number of nitrogens with zero attached hydrogens (tertiary/aromatic N) is 1. The molecule has 1 saturated heterocycles. The highest BCUT2D eigenvalue weighted by Crippen LogP contribution is 2.27. The summed E-state index contributed by atoms with van der Waals surface area (Å²) in [6.07, 6.45) is 0.120. The topological polar surface area (TPSA) is 38.5 Å². The molecule has 0 radical (unpaired) electrons. The fraction of sp³-hybridized carbons (Fsp3) is 0.600. The van der Waals surface area contributed by atoms with Crippen LogP contribution in [0, 0.1) is 13.8 Å². The molecule has 0 amide bonds. The standard InChI is InChI=1S/C15H24N2O/c1-11-5-12(2)7-13(6-11)17-9-14(8-16)18-15(3,4)10-17/h5-7,14H,8-10,16H2,1-4H3. The average Bonchev–Trinajstić information content (AvgIpc) is 2.25. The van der Waals surface area contributed by atoms with E-state index in [1.807, 2.05) is 0 Å². The highest BCUT2D eigenvalue weighted by Gasteiger charge is 2.32. The number of hydrogen-bond donors (Lipinski definition) is 1. The van der Waals surface area contributed by atoms with Crippen molar-refractivity contribution in [3.8, 4) is 0 Å². The molecule has 0 saturated carbocycles. The van der Waals surface area contributed by atoms with Crippen LogP contribution in [0.1, 0.15) is 25.0 Å². The van der Waals surface area contributed by atoms with E-state index in [0.717, 1.165) is 13.1 Å². The van der Waals surface area contributed by atoms with Gasteiger partial charge in [0.1, 0.15) is 0 Å². The van der Waals surface area contributed by atoms with Crippen LogP contribution in [-0.4, -0.2) is 31.3 Å². The molecule has 1 atom stereocenters. The van der Waals surface area contributed by atoms with Gasteiger partial charge in [0.15, 0.2) is 0 Å². The van der Waals surface area contributed by atoms with E-state index in [2.05, 4.69) is 50.8 Å². The lowest BCUT2D eigenvalue weighted by molar-refractivity contribution is -0.0788. The molecule has 0 aromatic heterocycles. The zero-order chi connectivity index (χ0) is 13.3. The van der Waals surface area contributed by atoms with E-state index in [9.17, 15) is 0 Å². The third kappa shape index (κ3) is 3.03. The van der Waals surface area contributed by atoms with Gasteiger partial charge in [-0.25, -0.2) is 0 Å². The van der Waals surface area contributed by atoms with Crippen LogP contribution in [0.3, 0.4) is 0 Å². The summed E-state index contributed by atoms with van der Waals surface area (Å²) in [6, 6.07) is 6.68. The molecular weight excluding hydrogens is 224 g/mol. The van der Waals surface area contributed by atoms with E-state index in [0.29, 0.717) is 6.54 Å². The highest BCUT2D eigenvalue weighted by molar-refractivity contribution is 5.51. The van der Waals surface area contributed by atoms with Gasteiger partial charge in [0, 0.05) is 25.3 Å². The van der Waals surface area contributed by atoms with E-state index in [-0.39, 0.29) is 11.7 Å². The number of morpholine rings is 1. The lowest BCUT2D eigenvalue weighted by Gasteiger charge is -2.43. The molecule has 3 heteroatoms. The van der Waals surface area contributed by atoms with Crippen LogP contribution in [-0.2, 0) is 4.74 Å². The molecule has 18 heavy (non-hydrogen) atoms. The summed E-state index contributed by atoms with van der Waals surface area (Å²) < 4.78 is 5.97. The monoisotopic (exact) mass is 248 g/mol. The Labute approximate surface area is 110 Å². The fourth-order valence-electron chi connectivity index (χ4n) is 2.75. The molecule has 1 unspecified atom stereocenters. The maximum Gasteiger partial charge on any atom is 0.0879 e. The largest absolute Gasteiger partial charge is 0.367 e. The van der Waals surface area contributed by atoms with Gasteiger partial charge in [0.2, 0.25) is 0 Å². The van der Waals surface area contributed by atoms with Crippen molar-refractivity contribution in [1.82, 2.24) is 0 Å². The lowest BCUT2D eigenvalue weighted by Crippen LogP contribution is -2.55. The van der Waals surface area contributed by atoms with Gasteiger partial charge >= 0.3 is 0 Å². The van der Waals surface area contributed by atoms with Crippen molar-refractivity contribution in [2.24, 2.45) is 5.73 Å². The molecule has 2 N–H and O–H groups in total. The first-order valence-electron chi connectivity index (χ1n) is 6.61. The molecule has 3 nitrogen and oxygen atoms in total. The van der Waals surface area contributed by atoms with Crippen LogP contribution in [0.25, 0.3) is 0 Å². The molecule has 1 heterocycles. The number of ether oxygens (including phenoxy) is 1. The zero-order valence-corrected chi connectivity index (χ0v) is 11.9. The van der Waals surface area contributed by atoms with Crippen LogP contribution < -0.4 is 10.6 Å². The Kier molecular flexibility index (Phi) is 3.64. The molecule has 0 spiro atoms. The van der Waals surface area contributed by atoms with E-state index < -0.39 is 0 Å². The lowest BCUT2D eigenvalue weighted by atomic mass is 10.0. The van der Waals surface area contributed by atoms with Gasteiger partial charge in [0.25, 0.3) is 0 Å². The number of hydrogen-bond acceptors (Lipinski definition) is 3. The molecule has 1 aliphatic rings. The number of aryl methyl sites for hydroxylation is 2. The van der Waals surface area contributed by atoms with Gasteiger partial charge in [-0.3, -0.25) is 0 Å². The number of rotatable bonds is 2. The van der Waals surface area contributed by atoms with Crippen LogP contribution in [0.5, 0.6) is 0 Å². The van der Waals surface area contributed by atoms with Crippen molar-refractivity contribution < 1.29 is 4.74 Å². The summed E-state index contributed by atoms with van der Waals surface area (Å²) in [5, 5.41) is 0. The normalized spacial score (nSPS) is 23.2. The summed E-state index contributed by atoms with van der Waals surface area (Å²) in [5.74, 6) is 0. The first-order valence-corrected chi connectivity index (χ1v) is 6.61. The second-order valence-electron chi connectivity index (χ2n) is 5.96. The van der Waals surface area contributed by atoms with Crippen LogP contribution in [0.15, 0.2) is 18.2 Å². The van der Waals surface area contributed by atoms with Crippen LogP contribution in [0.2, 0.25) is 0 Å².